The van der Waals surface area contributed by atoms with E-state index in [0.29, 0.717) is 6.54 Å². The number of halogens is 1. The second kappa shape index (κ2) is 3.71. The normalized spacial score (nSPS) is 11.1. The van der Waals surface area contributed by atoms with Gasteiger partial charge in [-0.3, -0.25) is 0 Å². The molecule has 14 heavy (non-hydrogen) atoms. The zero-order chi connectivity index (χ0) is 10.1. The van der Waals surface area contributed by atoms with Gasteiger partial charge in [0.2, 0.25) is 0 Å². The maximum atomic E-state index is 5.51. The molecule has 74 valence electrons. The number of pyridine rings is 1. The largest absolute Gasteiger partial charge is 0.330 e. The van der Waals surface area contributed by atoms with Crippen LogP contribution in [0.1, 0.15) is 11.4 Å². The lowest BCUT2D eigenvalue weighted by molar-refractivity contribution is 0.958. The molecule has 2 rings (SSSR count). The molecule has 0 aliphatic rings. The van der Waals surface area contributed by atoms with Gasteiger partial charge in [-0.15, -0.1) is 0 Å². The molecular weight excluding hydrogens is 242 g/mol. The fourth-order valence-corrected chi connectivity index (χ4v) is 2.12. The minimum Gasteiger partial charge on any atom is -0.330 e. The molecule has 0 unspecified atom stereocenters. The molecule has 2 aromatic heterocycles. The first-order valence-electron chi connectivity index (χ1n) is 4.55. The molecule has 0 radical (unpaired) electrons. The number of aryl methyl sites for hydroxylation is 1. The summed E-state index contributed by atoms with van der Waals surface area (Å²) in [5.41, 5.74) is 7.87. The Labute approximate surface area is 91.1 Å². The highest BCUT2D eigenvalue weighted by Gasteiger charge is 2.05. The molecule has 2 heterocycles. The van der Waals surface area contributed by atoms with Crippen LogP contribution in [0.15, 0.2) is 22.9 Å². The van der Waals surface area contributed by atoms with Crippen LogP contribution in [0.2, 0.25) is 0 Å². The minimum atomic E-state index is 0.681. The van der Waals surface area contributed by atoms with Gasteiger partial charge in [-0.25, -0.2) is 4.98 Å². The predicted octanol–water partition coefficient (Wildman–Crippen LogP) is 1.91. The van der Waals surface area contributed by atoms with Gasteiger partial charge in [0.1, 0.15) is 10.4 Å². The molecule has 2 aromatic rings. The van der Waals surface area contributed by atoms with E-state index in [2.05, 4.69) is 37.4 Å². The first-order chi connectivity index (χ1) is 6.72. The Bertz CT molecular complexity index is 462. The average molecular weight is 254 g/mol. The van der Waals surface area contributed by atoms with Crippen molar-refractivity contribution in [3.05, 3.63) is 34.3 Å². The second-order valence-corrected chi connectivity index (χ2v) is 4.03. The number of hydrogen-bond acceptors (Lipinski definition) is 2. The van der Waals surface area contributed by atoms with Crippen molar-refractivity contribution in [3.8, 4) is 0 Å². The van der Waals surface area contributed by atoms with Crippen molar-refractivity contribution in [2.75, 3.05) is 6.54 Å². The monoisotopic (exact) mass is 253 g/mol. The predicted molar refractivity (Wildman–Crippen MR) is 60.4 cm³/mol. The molecule has 0 aliphatic carbocycles. The summed E-state index contributed by atoms with van der Waals surface area (Å²) in [6.07, 6.45) is 2.95. The van der Waals surface area contributed by atoms with Crippen LogP contribution in [0.25, 0.3) is 5.52 Å². The summed E-state index contributed by atoms with van der Waals surface area (Å²) in [4.78, 5) is 4.34. The zero-order valence-electron chi connectivity index (χ0n) is 8.00. The summed E-state index contributed by atoms with van der Waals surface area (Å²) in [5, 5.41) is 0. The van der Waals surface area contributed by atoms with Crippen molar-refractivity contribution >= 4 is 21.4 Å². The van der Waals surface area contributed by atoms with Crippen LogP contribution in [0.5, 0.6) is 0 Å². The fourth-order valence-electron chi connectivity index (χ4n) is 1.56. The quantitative estimate of drug-likeness (QED) is 0.889. The molecule has 4 heteroatoms. The Hall–Kier alpha value is -0.870. The van der Waals surface area contributed by atoms with Crippen LogP contribution in [0, 0.1) is 6.92 Å². The van der Waals surface area contributed by atoms with Gasteiger partial charge in [0.25, 0.3) is 0 Å². The Balaban J connectivity index is 2.59. The number of nitrogens with zero attached hydrogens (tertiary/aromatic N) is 2. The van der Waals surface area contributed by atoms with Gasteiger partial charge >= 0.3 is 0 Å². The summed E-state index contributed by atoms with van der Waals surface area (Å²) in [5.74, 6) is 0.992. The maximum Gasteiger partial charge on any atom is 0.132 e. The van der Waals surface area contributed by atoms with Crippen LogP contribution < -0.4 is 5.73 Å². The smallest absolute Gasteiger partial charge is 0.132 e. The van der Waals surface area contributed by atoms with Crippen molar-refractivity contribution in [2.45, 2.75) is 13.3 Å². The molecular formula is C10H12BrN3. The molecule has 0 atom stereocenters. The lowest BCUT2D eigenvalue weighted by Crippen LogP contribution is -2.03. The first-order valence-corrected chi connectivity index (χ1v) is 5.35. The number of fused-ring (bicyclic) bond motifs is 1. The van der Waals surface area contributed by atoms with Crippen LogP contribution in [-0.2, 0) is 6.42 Å². The molecule has 0 bridgehead atoms. The van der Waals surface area contributed by atoms with Crippen molar-refractivity contribution in [2.24, 2.45) is 5.73 Å². The molecule has 2 N–H and O–H groups in total. The van der Waals surface area contributed by atoms with Gasteiger partial charge in [0.05, 0.1) is 5.52 Å². The highest BCUT2D eigenvalue weighted by Crippen LogP contribution is 2.19. The van der Waals surface area contributed by atoms with E-state index >= 15 is 0 Å². The Morgan fingerprint density at radius 3 is 3.07 bits per heavy atom. The van der Waals surface area contributed by atoms with Crippen LogP contribution in [0.3, 0.4) is 0 Å². The van der Waals surface area contributed by atoms with Gasteiger partial charge in [-0.2, -0.15) is 0 Å². The molecule has 0 saturated heterocycles. The molecule has 0 amide bonds. The number of imidazole rings is 1. The Morgan fingerprint density at radius 1 is 1.57 bits per heavy atom. The van der Waals surface area contributed by atoms with Crippen molar-refractivity contribution in [1.82, 2.24) is 9.38 Å². The number of rotatable bonds is 2. The van der Waals surface area contributed by atoms with Crippen molar-refractivity contribution in [3.63, 3.8) is 0 Å². The van der Waals surface area contributed by atoms with Crippen molar-refractivity contribution in [1.29, 1.82) is 0 Å². The summed E-state index contributed by atoms with van der Waals surface area (Å²) in [6.45, 7) is 2.67. The number of nitrogens with two attached hydrogens (primary N) is 1. The van der Waals surface area contributed by atoms with Gasteiger partial charge in [-0.05, 0) is 53.5 Å². The topological polar surface area (TPSA) is 43.3 Å². The molecule has 0 spiro atoms. The lowest BCUT2D eigenvalue weighted by atomic mass is 10.2. The van der Waals surface area contributed by atoms with Gasteiger partial charge in [0.15, 0.2) is 0 Å². The molecule has 3 nitrogen and oxygen atoms in total. The maximum absolute atomic E-state index is 5.51. The van der Waals surface area contributed by atoms with E-state index in [9.17, 15) is 0 Å². The van der Waals surface area contributed by atoms with E-state index in [-0.39, 0.29) is 0 Å². The SMILES string of the molecule is Cc1nc(Br)c2cc(CCN)ccn12. The molecule has 0 saturated carbocycles. The summed E-state index contributed by atoms with van der Waals surface area (Å²) >= 11 is 3.44. The van der Waals surface area contributed by atoms with E-state index in [1.807, 2.05) is 13.1 Å². The third-order valence-corrected chi connectivity index (χ3v) is 2.86. The standard InChI is InChI=1S/C10H12BrN3/c1-7-13-10(11)9-6-8(2-4-12)3-5-14(7)9/h3,5-6H,2,4,12H2,1H3. The number of aromatic nitrogens is 2. The highest BCUT2D eigenvalue weighted by atomic mass is 79.9. The zero-order valence-corrected chi connectivity index (χ0v) is 9.58. The molecule has 0 aromatic carbocycles. The molecule has 0 aliphatic heterocycles. The van der Waals surface area contributed by atoms with E-state index in [4.69, 9.17) is 5.73 Å². The third-order valence-electron chi connectivity index (χ3n) is 2.27. The lowest BCUT2D eigenvalue weighted by Gasteiger charge is -2.00. The van der Waals surface area contributed by atoms with E-state index in [1.165, 1.54) is 5.56 Å². The van der Waals surface area contributed by atoms with Crippen molar-refractivity contribution < 1.29 is 0 Å². The third kappa shape index (κ3) is 1.55. The van der Waals surface area contributed by atoms with Gasteiger partial charge in [-0.1, -0.05) is 0 Å². The highest BCUT2D eigenvalue weighted by molar-refractivity contribution is 9.10. The van der Waals surface area contributed by atoms with E-state index < -0.39 is 0 Å². The average Bonchev–Trinajstić information content (AvgIpc) is 2.43. The summed E-state index contributed by atoms with van der Waals surface area (Å²) in [6, 6.07) is 4.21. The van der Waals surface area contributed by atoms with Crippen LogP contribution in [-0.4, -0.2) is 15.9 Å². The minimum absolute atomic E-state index is 0.681. The van der Waals surface area contributed by atoms with E-state index in [0.717, 1.165) is 22.4 Å². The van der Waals surface area contributed by atoms with Gasteiger partial charge < -0.3 is 10.1 Å². The summed E-state index contributed by atoms with van der Waals surface area (Å²) in [7, 11) is 0. The second-order valence-electron chi connectivity index (χ2n) is 3.28. The fraction of sp³-hybridized carbons (Fsp3) is 0.300. The summed E-state index contributed by atoms with van der Waals surface area (Å²) < 4.78 is 2.96. The van der Waals surface area contributed by atoms with Crippen LogP contribution >= 0.6 is 15.9 Å². The van der Waals surface area contributed by atoms with Crippen LogP contribution in [0.4, 0.5) is 0 Å². The number of hydrogen-bond donors (Lipinski definition) is 1. The van der Waals surface area contributed by atoms with E-state index in [1.54, 1.807) is 0 Å². The Kier molecular flexibility index (Phi) is 2.56. The Morgan fingerprint density at radius 2 is 2.36 bits per heavy atom. The molecule has 0 fully saturated rings. The van der Waals surface area contributed by atoms with Gasteiger partial charge in [0, 0.05) is 6.20 Å². The first kappa shape index (κ1) is 9.68.